The molecule has 2 aromatic heterocycles. The lowest BCUT2D eigenvalue weighted by molar-refractivity contribution is -0.129. The van der Waals surface area contributed by atoms with Crippen LogP contribution in [0.25, 0.3) is 5.78 Å². The van der Waals surface area contributed by atoms with E-state index in [0.717, 1.165) is 0 Å². The van der Waals surface area contributed by atoms with Crippen LogP contribution in [0.5, 0.6) is 0 Å². The molecule has 0 aliphatic carbocycles. The number of amides is 1. The summed E-state index contributed by atoms with van der Waals surface area (Å²) in [6, 6.07) is 12.1. The van der Waals surface area contributed by atoms with Crippen molar-refractivity contribution in [2.24, 2.45) is 11.7 Å². The molecule has 4 rings (SSSR count). The van der Waals surface area contributed by atoms with Gasteiger partial charge in [0.25, 0.3) is 5.78 Å². The topological polar surface area (TPSA) is 89.4 Å². The van der Waals surface area contributed by atoms with Gasteiger partial charge in [0.2, 0.25) is 5.91 Å². The van der Waals surface area contributed by atoms with Crippen molar-refractivity contribution in [2.75, 3.05) is 19.6 Å². The molecular formula is C18H20N6O. The van der Waals surface area contributed by atoms with Gasteiger partial charge in [-0.25, -0.2) is 9.50 Å². The highest BCUT2D eigenvalue weighted by atomic mass is 16.2. The van der Waals surface area contributed by atoms with Crippen LogP contribution in [0, 0.1) is 5.92 Å². The highest BCUT2D eigenvalue weighted by Crippen LogP contribution is 2.32. The predicted molar refractivity (Wildman–Crippen MR) is 92.8 cm³/mol. The number of carbonyl (C=O) groups excluding carboxylic acids is 1. The Bertz CT molecular complexity index is 844. The molecule has 128 valence electrons. The molecule has 0 bridgehead atoms. The summed E-state index contributed by atoms with van der Waals surface area (Å²) < 4.78 is 1.59. The monoisotopic (exact) mass is 336 g/mol. The number of nitrogens with two attached hydrogens (primary N) is 1. The van der Waals surface area contributed by atoms with Crippen molar-refractivity contribution in [2.45, 2.75) is 12.3 Å². The lowest BCUT2D eigenvalue weighted by atomic mass is 9.89. The molecule has 1 aromatic carbocycles. The smallest absolute Gasteiger partial charge is 0.252 e. The summed E-state index contributed by atoms with van der Waals surface area (Å²) in [5.41, 5.74) is 7.19. The average molecular weight is 336 g/mol. The quantitative estimate of drug-likeness (QED) is 0.763. The molecule has 7 heteroatoms. The third kappa shape index (κ3) is 3.10. The molecule has 7 nitrogen and oxygen atoms in total. The second-order valence-electron chi connectivity index (χ2n) is 6.38. The van der Waals surface area contributed by atoms with Crippen molar-refractivity contribution in [1.82, 2.24) is 24.5 Å². The third-order valence-electron chi connectivity index (χ3n) is 4.79. The van der Waals surface area contributed by atoms with Gasteiger partial charge in [0.1, 0.15) is 0 Å². The largest absolute Gasteiger partial charge is 0.341 e. The van der Waals surface area contributed by atoms with E-state index < -0.39 is 0 Å². The van der Waals surface area contributed by atoms with Gasteiger partial charge in [0.15, 0.2) is 5.82 Å². The molecule has 1 saturated heterocycles. The Morgan fingerprint density at radius 1 is 1.20 bits per heavy atom. The fourth-order valence-corrected chi connectivity index (χ4v) is 3.49. The van der Waals surface area contributed by atoms with Crippen LogP contribution in [0.2, 0.25) is 0 Å². The van der Waals surface area contributed by atoms with Crippen molar-refractivity contribution >= 4 is 11.7 Å². The number of nitrogens with zero attached hydrogens (tertiary/aromatic N) is 5. The van der Waals surface area contributed by atoms with Gasteiger partial charge in [-0.2, -0.15) is 4.98 Å². The first-order chi connectivity index (χ1) is 12.2. The third-order valence-corrected chi connectivity index (χ3v) is 4.79. The molecule has 0 radical (unpaired) electrons. The number of carbonyl (C=O) groups is 1. The van der Waals surface area contributed by atoms with E-state index >= 15 is 0 Å². The van der Waals surface area contributed by atoms with Crippen LogP contribution in [-0.4, -0.2) is 50.0 Å². The molecule has 0 unspecified atom stereocenters. The van der Waals surface area contributed by atoms with E-state index in [-0.39, 0.29) is 24.2 Å². The van der Waals surface area contributed by atoms with Crippen LogP contribution >= 0.6 is 0 Å². The highest BCUT2D eigenvalue weighted by Gasteiger charge is 2.35. The van der Waals surface area contributed by atoms with Crippen LogP contribution in [0.3, 0.4) is 0 Å². The van der Waals surface area contributed by atoms with Crippen LogP contribution in [0.15, 0.2) is 48.8 Å². The van der Waals surface area contributed by atoms with E-state index in [9.17, 15) is 4.79 Å². The minimum Gasteiger partial charge on any atom is -0.341 e. The summed E-state index contributed by atoms with van der Waals surface area (Å²) in [4.78, 5) is 23.0. The summed E-state index contributed by atoms with van der Waals surface area (Å²) in [7, 11) is 0. The predicted octanol–water partition coefficient (Wildman–Crippen LogP) is 0.868. The maximum atomic E-state index is 12.7. The first-order valence-electron chi connectivity index (χ1n) is 8.43. The summed E-state index contributed by atoms with van der Waals surface area (Å²) >= 11 is 0. The Labute approximate surface area is 145 Å². The van der Waals surface area contributed by atoms with Crippen molar-refractivity contribution in [1.29, 1.82) is 0 Å². The van der Waals surface area contributed by atoms with Gasteiger partial charge in [-0.3, -0.25) is 4.79 Å². The molecule has 0 saturated carbocycles. The molecule has 0 spiro atoms. The highest BCUT2D eigenvalue weighted by molar-refractivity contribution is 5.78. The van der Waals surface area contributed by atoms with E-state index in [1.807, 2.05) is 23.1 Å². The molecule has 2 atom stereocenters. The fraction of sp³-hybridized carbons (Fsp3) is 0.333. The van der Waals surface area contributed by atoms with Gasteiger partial charge < -0.3 is 10.6 Å². The molecule has 25 heavy (non-hydrogen) atoms. The minimum atomic E-state index is 0.0350. The fourth-order valence-electron chi connectivity index (χ4n) is 3.49. The van der Waals surface area contributed by atoms with E-state index in [1.54, 1.807) is 23.0 Å². The molecule has 1 amide bonds. The van der Waals surface area contributed by atoms with Crippen molar-refractivity contribution < 1.29 is 4.79 Å². The van der Waals surface area contributed by atoms with E-state index in [2.05, 4.69) is 27.2 Å². The Morgan fingerprint density at radius 2 is 2.04 bits per heavy atom. The number of hydrogen-bond donors (Lipinski definition) is 1. The maximum Gasteiger partial charge on any atom is 0.252 e. The van der Waals surface area contributed by atoms with Crippen molar-refractivity contribution in [3.05, 3.63) is 60.2 Å². The molecule has 2 N–H and O–H groups in total. The minimum absolute atomic E-state index is 0.0350. The summed E-state index contributed by atoms with van der Waals surface area (Å²) in [5, 5.41) is 4.31. The molecule has 1 fully saturated rings. The van der Waals surface area contributed by atoms with E-state index in [0.29, 0.717) is 31.2 Å². The van der Waals surface area contributed by atoms with Gasteiger partial charge >= 0.3 is 0 Å². The lowest BCUT2D eigenvalue weighted by Gasteiger charge is -2.16. The second-order valence-corrected chi connectivity index (χ2v) is 6.38. The number of aromatic nitrogens is 4. The van der Waals surface area contributed by atoms with E-state index in [4.69, 9.17) is 5.73 Å². The van der Waals surface area contributed by atoms with Gasteiger partial charge in [0.05, 0.1) is 6.42 Å². The Balaban J connectivity index is 1.49. The zero-order chi connectivity index (χ0) is 17.2. The second kappa shape index (κ2) is 6.60. The molecule has 3 heterocycles. The van der Waals surface area contributed by atoms with Gasteiger partial charge in [-0.05, 0) is 24.1 Å². The van der Waals surface area contributed by atoms with Crippen molar-refractivity contribution in [3.8, 4) is 0 Å². The number of rotatable bonds is 4. The summed E-state index contributed by atoms with van der Waals surface area (Å²) in [6.45, 7) is 1.94. The van der Waals surface area contributed by atoms with Gasteiger partial charge in [-0.15, -0.1) is 5.10 Å². The zero-order valence-electron chi connectivity index (χ0n) is 13.8. The maximum absolute atomic E-state index is 12.7. The molecule has 1 aliphatic heterocycles. The average Bonchev–Trinajstić information content (AvgIpc) is 3.25. The zero-order valence-corrected chi connectivity index (χ0v) is 13.8. The molecule has 3 aromatic rings. The van der Waals surface area contributed by atoms with E-state index in [1.165, 1.54) is 5.56 Å². The number of fused-ring (bicyclic) bond motifs is 1. The Morgan fingerprint density at radius 3 is 2.80 bits per heavy atom. The SMILES string of the molecule is NC[C@@H]1CN(C(=O)Cc2nc3ncccn3n2)C[C@H]1c1ccccc1. The van der Waals surface area contributed by atoms with Crippen LogP contribution in [-0.2, 0) is 11.2 Å². The standard InChI is InChI=1S/C18H20N6O/c19-10-14-11-23(12-15(14)13-5-2-1-3-6-13)17(25)9-16-21-18-20-7-4-8-24(18)22-16/h1-8,14-15H,9-12,19H2/t14-,15+/m1/s1. The normalized spacial score (nSPS) is 20.3. The molecular weight excluding hydrogens is 316 g/mol. The van der Waals surface area contributed by atoms with Crippen LogP contribution in [0.1, 0.15) is 17.3 Å². The van der Waals surface area contributed by atoms with Crippen molar-refractivity contribution in [3.63, 3.8) is 0 Å². The van der Waals surface area contributed by atoms with Crippen LogP contribution in [0.4, 0.5) is 0 Å². The number of hydrogen-bond acceptors (Lipinski definition) is 5. The molecule has 1 aliphatic rings. The first kappa shape index (κ1) is 15.7. The van der Waals surface area contributed by atoms with Crippen LogP contribution < -0.4 is 5.73 Å². The lowest BCUT2D eigenvalue weighted by Crippen LogP contribution is -2.31. The van der Waals surface area contributed by atoms with Gasteiger partial charge in [-0.1, -0.05) is 30.3 Å². The number of benzene rings is 1. The first-order valence-corrected chi connectivity index (χ1v) is 8.43. The summed E-state index contributed by atoms with van der Waals surface area (Å²) in [6.07, 6.45) is 3.61. The Hall–Kier alpha value is -2.80. The Kier molecular flexibility index (Phi) is 4.15. The van der Waals surface area contributed by atoms with Gasteiger partial charge in [0, 0.05) is 31.4 Å². The number of likely N-dealkylation sites (tertiary alicyclic amines) is 1. The summed E-state index contributed by atoms with van der Waals surface area (Å²) in [5.74, 6) is 1.60.